The Morgan fingerprint density at radius 1 is 1.11 bits per heavy atom. The van der Waals surface area contributed by atoms with Crippen molar-refractivity contribution in [3.8, 4) is 0 Å². The number of carbonyl (C=O) groups excluding carboxylic acids is 2. The predicted molar refractivity (Wildman–Crippen MR) is 121 cm³/mol. The minimum absolute atomic E-state index is 0.150. The second-order valence-corrected chi connectivity index (χ2v) is 9.10. The zero-order valence-corrected chi connectivity index (χ0v) is 18.5. The molecule has 2 amide bonds. The summed E-state index contributed by atoms with van der Waals surface area (Å²) < 4.78 is 1.34. The highest BCUT2D eigenvalue weighted by molar-refractivity contribution is 9.10. The molecule has 1 saturated heterocycles. The Hall–Kier alpha value is -1.96. The first kappa shape index (κ1) is 19.4. The summed E-state index contributed by atoms with van der Waals surface area (Å²) in [7, 11) is 0. The van der Waals surface area contributed by atoms with E-state index >= 15 is 0 Å². The molecule has 0 aromatic heterocycles. The van der Waals surface area contributed by atoms with E-state index in [9.17, 15) is 9.59 Å². The van der Waals surface area contributed by atoms with Gasteiger partial charge in [-0.2, -0.15) is 0 Å². The number of likely N-dealkylation sites (N-methyl/N-ethyl adjacent to an activating group) is 1. The number of amides is 2. The molecule has 0 N–H and O–H groups in total. The maximum atomic E-state index is 13.3. The molecule has 2 aliphatic heterocycles. The molecule has 1 unspecified atom stereocenters. The van der Waals surface area contributed by atoms with E-state index in [1.54, 1.807) is 9.80 Å². The van der Waals surface area contributed by atoms with E-state index in [0.29, 0.717) is 21.3 Å². The topological polar surface area (TPSA) is 40.6 Å². The van der Waals surface area contributed by atoms with Gasteiger partial charge in [0.2, 0.25) is 0 Å². The molecule has 2 aromatic rings. The first-order valence-corrected chi connectivity index (χ1v) is 10.9. The van der Waals surface area contributed by atoms with E-state index in [0.717, 1.165) is 21.3 Å². The van der Waals surface area contributed by atoms with E-state index in [4.69, 9.17) is 12.2 Å². The highest BCUT2D eigenvalue weighted by Crippen LogP contribution is 2.46. The Balaban J connectivity index is 1.81. The van der Waals surface area contributed by atoms with Crippen LogP contribution in [0.25, 0.3) is 5.57 Å². The van der Waals surface area contributed by atoms with Gasteiger partial charge in [0.05, 0.1) is 22.2 Å². The Kier molecular flexibility index (Phi) is 5.16. The molecule has 4 rings (SSSR count). The van der Waals surface area contributed by atoms with Gasteiger partial charge in [-0.05, 0) is 37.6 Å². The Bertz CT molecular complexity index is 1040. The molecule has 0 bridgehead atoms. The van der Waals surface area contributed by atoms with Crippen molar-refractivity contribution in [3.05, 3.63) is 69.0 Å². The fraction of sp³-hybridized carbons (Fsp3) is 0.190. The fourth-order valence-corrected chi connectivity index (χ4v) is 5.43. The lowest BCUT2D eigenvalue weighted by Crippen LogP contribution is -2.31. The molecule has 2 heterocycles. The zero-order chi connectivity index (χ0) is 20.0. The summed E-state index contributed by atoms with van der Waals surface area (Å²) in [4.78, 5) is 30.2. The maximum absolute atomic E-state index is 13.3. The third-order valence-corrected chi connectivity index (χ3v) is 6.88. The molecule has 0 radical (unpaired) electrons. The van der Waals surface area contributed by atoms with Crippen LogP contribution in [0, 0.1) is 0 Å². The lowest BCUT2D eigenvalue weighted by atomic mass is 10.1. The monoisotopic (exact) mass is 472 g/mol. The van der Waals surface area contributed by atoms with Gasteiger partial charge in [0, 0.05) is 16.6 Å². The van der Waals surface area contributed by atoms with E-state index in [-0.39, 0.29) is 17.9 Å². The lowest BCUT2D eigenvalue weighted by Gasteiger charge is -2.23. The molecular formula is C21H17BrN2O2S2. The van der Waals surface area contributed by atoms with Crippen LogP contribution in [0.2, 0.25) is 0 Å². The van der Waals surface area contributed by atoms with Crippen molar-refractivity contribution < 1.29 is 9.59 Å². The fourth-order valence-electron chi connectivity index (χ4n) is 3.58. The minimum Gasteiger partial charge on any atom is -0.308 e. The van der Waals surface area contributed by atoms with E-state index in [1.165, 1.54) is 11.8 Å². The van der Waals surface area contributed by atoms with Crippen LogP contribution in [-0.4, -0.2) is 27.6 Å². The van der Waals surface area contributed by atoms with E-state index in [2.05, 4.69) is 15.9 Å². The summed E-state index contributed by atoms with van der Waals surface area (Å²) >= 11 is 10.2. The van der Waals surface area contributed by atoms with E-state index < -0.39 is 0 Å². The number of benzene rings is 2. The number of hydrogen-bond donors (Lipinski definition) is 0. The average molecular weight is 473 g/mol. The average Bonchev–Trinajstić information content (AvgIpc) is 3.13. The number of halogens is 1. The van der Waals surface area contributed by atoms with Crippen molar-refractivity contribution in [1.82, 2.24) is 4.90 Å². The SMILES string of the molecule is CCN1C(=O)/C(=C2/SC(=S)N(C(C)c3ccccc3)C2=O)c2cc(Br)ccc21. The quantitative estimate of drug-likeness (QED) is 0.457. The number of thioether (sulfide) groups is 1. The van der Waals surface area contributed by atoms with Gasteiger partial charge in [0.15, 0.2) is 0 Å². The van der Waals surface area contributed by atoms with Crippen LogP contribution >= 0.6 is 39.9 Å². The second-order valence-electron chi connectivity index (χ2n) is 6.54. The molecule has 2 aliphatic rings. The predicted octanol–water partition coefficient (Wildman–Crippen LogP) is 5.15. The normalized spacial score (nSPS) is 20.2. The number of fused-ring (bicyclic) bond motifs is 1. The van der Waals surface area contributed by atoms with Gasteiger partial charge in [0.25, 0.3) is 11.8 Å². The summed E-state index contributed by atoms with van der Waals surface area (Å²) in [5.41, 5.74) is 3.04. The number of rotatable bonds is 3. The highest BCUT2D eigenvalue weighted by Gasteiger charge is 2.43. The third-order valence-electron chi connectivity index (χ3n) is 4.99. The summed E-state index contributed by atoms with van der Waals surface area (Å²) in [6.07, 6.45) is 0. The van der Waals surface area contributed by atoms with Crippen LogP contribution in [-0.2, 0) is 9.59 Å². The standard InChI is InChI=1S/C21H17BrN2O2S2/c1-3-23-16-10-9-14(22)11-15(16)17(19(23)25)18-20(26)24(21(27)28-18)12(2)13-7-5-4-6-8-13/h4-12H,3H2,1-2H3/b18-17+. The van der Waals surface area contributed by atoms with Crippen molar-refractivity contribution in [2.24, 2.45) is 0 Å². The van der Waals surface area contributed by atoms with Gasteiger partial charge < -0.3 is 4.90 Å². The number of carbonyl (C=O) groups is 2. The molecule has 1 atom stereocenters. The van der Waals surface area contributed by atoms with Crippen LogP contribution < -0.4 is 4.90 Å². The molecule has 1 fully saturated rings. The highest BCUT2D eigenvalue weighted by atomic mass is 79.9. The molecule has 4 nitrogen and oxygen atoms in total. The summed E-state index contributed by atoms with van der Waals surface area (Å²) in [6.45, 7) is 4.42. The maximum Gasteiger partial charge on any atom is 0.267 e. The second kappa shape index (κ2) is 7.46. The van der Waals surface area contributed by atoms with Crippen LogP contribution in [0.4, 0.5) is 5.69 Å². The molecule has 0 saturated carbocycles. The van der Waals surface area contributed by atoms with Crippen LogP contribution in [0.1, 0.15) is 31.0 Å². The Morgan fingerprint density at radius 3 is 2.50 bits per heavy atom. The molecule has 0 spiro atoms. The van der Waals surface area contributed by atoms with Crippen LogP contribution in [0.15, 0.2) is 57.9 Å². The molecule has 28 heavy (non-hydrogen) atoms. The van der Waals surface area contributed by atoms with Crippen molar-refractivity contribution in [1.29, 1.82) is 0 Å². The van der Waals surface area contributed by atoms with Crippen molar-refractivity contribution >= 4 is 67.3 Å². The largest absolute Gasteiger partial charge is 0.308 e. The first-order valence-electron chi connectivity index (χ1n) is 8.90. The van der Waals surface area contributed by atoms with Gasteiger partial charge in [-0.15, -0.1) is 0 Å². The Labute approximate surface area is 181 Å². The lowest BCUT2D eigenvalue weighted by molar-refractivity contribution is -0.123. The van der Waals surface area contributed by atoms with Gasteiger partial charge in [0.1, 0.15) is 4.32 Å². The number of hydrogen-bond acceptors (Lipinski definition) is 4. The Morgan fingerprint density at radius 2 is 1.82 bits per heavy atom. The number of thiocarbonyl (C=S) groups is 1. The first-order chi connectivity index (χ1) is 13.4. The number of anilines is 1. The van der Waals surface area contributed by atoms with Crippen molar-refractivity contribution in [3.63, 3.8) is 0 Å². The third kappa shape index (κ3) is 3.02. The summed E-state index contributed by atoms with van der Waals surface area (Å²) in [6, 6.07) is 15.3. The van der Waals surface area contributed by atoms with Crippen LogP contribution in [0.3, 0.4) is 0 Å². The molecular weight excluding hydrogens is 456 g/mol. The van der Waals surface area contributed by atoms with Crippen molar-refractivity contribution in [2.45, 2.75) is 19.9 Å². The molecule has 0 aliphatic carbocycles. The smallest absolute Gasteiger partial charge is 0.267 e. The van der Waals surface area contributed by atoms with Gasteiger partial charge in [-0.25, -0.2) is 0 Å². The summed E-state index contributed by atoms with van der Waals surface area (Å²) in [5.74, 6) is -0.359. The molecule has 2 aromatic carbocycles. The van der Waals surface area contributed by atoms with E-state index in [1.807, 2.05) is 62.4 Å². The van der Waals surface area contributed by atoms with Gasteiger partial charge >= 0.3 is 0 Å². The van der Waals surface area contributed by atoms with Gasteiger partial charge in [-0.3, -0.25) is 14.5 Å². The molecule has 142 valence electrons. The minimum atomic E-state index is -0.210. The molecule has 7 heteroatoms. The van der Waals surface area contributed by atoms with Crippen LogP contribution in [0.5, 0.6) is 0 Å². The number of nitrogens with zero attached hydrogens (tertiary/aromatic N) is 2. The van der Waals surface area contributed by atoms with Crippen molar-refractivity contribution in [2.75, 3.05) is 11.4 Å². The summed E-state index contributed by atoms with van der Waals surface area (Å²) in [5, 5.41) is 0. The van der Waals surface area contributed by atoms with Gasteiger partial charge in [-0.1, -0.05) is 70.2 Å². The zero-order valence-electron chi connectivity index (χ0n) is 15.3.